The number of hydrogen-bond acceptors (Lipinski definition) is 5. The average Bonchev–Trinajstić information content (AvgIpc) is 2.61. The van der Waals surface area contributed by atoms with Crippen LogP contribution in [-0.4, -0.2) is 33.8 Å². The molecule has 0 saturated carbocycles. The van der Waals surface area contributed by atoms with Crippen LogP contribution >= 0.6 is 0 Å². The van der Waals surface area contributed by atoms with Gasteiger partial charge in [-0.25, -0.2) is 8.42 Å². The van der Waals surface area contributed by atoms with E-state index < -0.39 is 15.9 Å². The number of carbonyl (C=O) groups excluding carboxylic acids is 1. The van der Waals surface area contributed by atoms with Crippen molar-refractivity contribution >= 4 is 15.7 Å². The lowest BCUT2D eigenvalue weighted by Crippen LogP contribution is -2.37. The Balaban J connectivity index is 1.99. The van der Waals surface area contributed by atoms with E-state index in [0.717, 1.165) is 11.8 Å². The van der Waals surface area contributed by atoms with Crippen LogP contribution in [0.25, 0.3) is 0 Å². The first-order valence-corrected chi connectivity index (χ1v) is 10.0. The van der Waals surface area contributed by atoms with Crippen molar-refractivity contribution in [1.29, 1.82) is 0 Å². The zero-order valence-electron chi connectivity index (χ0n) is 15.2. The summed E-state index contributed by atoms with van der Waals surface area (Å²) in [6, 6.07) is 13.2. The van der Waals surface area contributed by atoms with Gasteiger partial charge < -0.3 is 14.8 Å². The third kappa shape index (κ3) is 5.23. The summed E-state index contributed by atoms with van der Waals surface area (Å²) in [5, 5.41) is 2.86. The van der Waals surface area contributed by atoms with Crippen molar-refractivity contribution < 1.29 is 22.7 Å². The molecule has 7 heteroatoms. The van der Waals surface area contributed by atoms with Gasteiger partial charge in [-0.3, -0.25) is 4.79 Å². The molecule has 0 saturated heterocycles. The molecule has 26 heavy (non-hydrogen) atoms. The van der Waals surface area contributed by atoms with E-state index in [9.17, 15) is 13.2 Å². The molecule has 2 unspecified atom stereocenters. The summed E-state index contributed by atoms with van der Waals surface area (Å²) in [6.07, 6.45) is 0.463. The molecule has 1 amide bonds. The highest BCUT2D eigenvalue weighted by molar-refractivity contribution is 7.90. The Morgan fingerprint density at radius 1 is 1.04 bits per heavy atom. The second kappa shape index (κ2) is 8.23. The number of amides is 1. The molecule has 2 rings (SSSR count). The normalized spacial score (nSPS) is 13.5. The molecule has 0 aliphatic rings. The van der Waals surface area contributed by atoms with Crippen LogP contribution in [0, 0.1) is 0 Å². The maximum absolute atomic E-state index is 12.3. The van der Waals surface area contributed by atoms with Gasteiger partial charge in [0.15, 0.2) is 15.9 Å². The van der Waals surface area contributed by atoms with Crippen molar-refractivity contribution in [3.63, 3.8) is 0 Å². The molecule has 140 valence electrons. The van der Waals surface area contributed by atoms with E-state index in [4.69, 9.17) is 9.47 Å². The zero-order valence-corrected chi connectivity index (χ0v) is 16.0. The van der Waals surface area contributed by atoms with E-state index in [1.54, 1.807) is 50.4 Å². The third-order valence-electron chi connectivity index (χ3n) is 3.89. The Hall–Kier alpha value is -2.54. The van der Waals surface area contributed by atoms with Crippen LogP contribution in [0.4, 0.5) is 0 Å². The summed E-state index contributed by atoms with van der Waals surface area (Å²) in [4.78, 5) is 12.6. The van der Waals surface area contributed by atoms with E-state index in [1.807, 2.05) is 6.92 Å². The number of ether oxygens (including phenoxy) is 2. The predicted molar refractivity (Wildman–Crippen MR) is 99.2 cm³/mol. The van der Waals surface area contributed by atoms with E-state index >= 15 is 0 Å². The number of carbonyl (C=O) groups is 1. The van der Waals surface area contributed by atoms with Crippen molar-refractivity contribution in [2.24, 2.45) is 0 Å². The van der Waals surface area contributed by atoms with Gasteiger partial charge >= 0.3 is 0 Å². The minimum Gasteiger partial charge on any atom is -0.497 e. The molecular weight excluding hydrogens is 354 g/mol. The molecule has 0 aromatic heterocycles. The Morgan fingerprint density at radius 2 is 1.65 bits per heavy atom. The molecule has 2 atom stereocenters. The topological polar surface area (TPSA) is 81.7 Å². The highest BCUT2D eigenvalue weighted by atomic mass is 32.2. The third-order valence-corrected chi connectivity index (χ3v) is 5.02. The maximum atomic E-state index is 12.3. The fourth-order valence-electron chi connectivity index (χ4n) is 2.35. The Kier molecular flexibility index (Phi) is 6.26. The van der Waals surface area contributed by atoms with Gasteiger partial charge in [0.1, 0.15) is 11.5 Å². The molecule has 0 radical (unpaired) electrons. The number of sulfone groups is 1. The largest absolute Gasteiger partial charge is 0.497 e. The Labute approximate surface area is 154 Å². The fraction of sp³-hybridized carbons (Fsp3) is 0.316. The van der Waals surface area contributed by atoms with Crippen molar-refractivity contribution in [1.82, 2.24) is 5.32 Å². The molecular formula is C19H23NO5S. The van der Waals surface area contributed by atoms with Crippen molar-refractivity contribution in [3.05, 3.63) is 54.1 Å². The zero-order chi connectivity index (χ0) is 19.3. The Morgan fingerprint density at radius 3 is 2.23 bits per heavy atom. The minimum atomic E-state index is -3.24. The van der Waals surface area contributed by atoms with Crippen molar-refractivity contribution in [2.45, 2.75) is 30.9 Å². The summed E-state index contributed by atoms with van der Waals surface area (Å²) in [7, 11) is -1.68. The number of benzene rings is 2. The van der Waals surface area contributed by atoms with Crippen LogP contribution in [0.3, 0.4) is 0 Å². The van der Waals surface area contributed by atoms with Gasteiger partial charge in [-0.15, -0.1) is 0 Å². The molecule has 1 N–H and O–H groups in total. The van der Waals surface area contributed by atoms with Crippen LogP contribution in [-0.2, 0) is 14.6 Å². The fourth-order valence-corrected chi connectivity index (χ4v) is 2.98. The summed E-state index contributed by atoms with van der Waals surface area (Å²) in [5.74, 6) is 0.916. The van der Waals surface area contributed by atoms with Gasteiger partial charge in [-0.1, -0.05) is 18.2 Å². The van der Waals surface area contributed by atoms with Crippen LogP contribution in [0.2, 0.25) is 0 Å². The maximum Gasteiger partial charge on any atom is 0.261 e. The average molecular weight is 377 g/mol. The number of hydrogen-bond donors (Lipinski definition) is 1. The first kappa shape index (κ1) is 19.8. The lowest BCUT2D eigenvalue weighted by atomic mass is 10.1. The first-order chi connectivity index (χ1) is 12.2. The molecule has 0 aliphatic carbocycles. The van der Waals surface area contributed by atoms with Gasteiger partial charge in [-0.2, -0.15) is 0 Å². The second-order valence-electron chi connectivity index (χ2n) is 6.01. The van der Waals surface area contributed by atoms with Crippen LogP contribution in [0.5, 0.6) is 11.5 Å². The first-order valence-electron chi connectivity index (χ1n) is 8.12. The quantitative estimate of drug-likeness (QED) is 0.802. The van der Waals surface area contributed by atoms with Gasteiger partial charge in [0.25, 0.3) is 5.91 Å². The van der Waals surface area contributed by atoms with Crippen LogP contribution in [0.1, 0.15) is 25.5 Å². The highest BCUT2D eigenvalue weighted by Crippen LogP contribution is 2.21. The predicted octanol–water partition coefficient (Wildman–Crippen LogP) is 2.74. The summed E-state index contributed by atoms with van der Waals surface area (Å²) in [6.45, 7) is 3.49. The Bertz CT molecular complexity index is 862. The van der Waals surface area contributed by atoms with Crippen molar-refractivity contribution in [2.75, 3.05) is 13.4 Å². The van der Waals surface area contributed by atoms with E-state index in [0.29, 0.717) is 11.5 Å². The van der Waals surface area contributed by atoms with Gasteiger partial charge in [-0.05, 0) is 43.7 Å². The van der Waals surface area contributed by atoms with E-state index in [-0.39, 0.29) is 16.8 Å². The monoisotopic (exact) mass is 377 g/mol. The second-order valence-corrected chi connectivity index (χ2v) is 8.03. The molecule has 2 aromatic carbocycles. The lowest BCUT2D eigenvalue weighted by Gasteiger charge is -2.19. The van der Waals surface area contributed by atoms with Gasteiger partial charge in [0.2, 0.25) is 0 Å². The molecule has 0 spiro atoms. The summed E-state index contributed by atoms with van der Waals surface area (Å²) < 4.78 is 33.8. The lowest BCUT2D eigenvalue weighted by molar-refractivity contribution is -0.127. The molecule has 2 aromatic rings. The molecule has 0 heterocycles. The highest BCUT2D eigenvalue weighted by Gasteiger charge is 2.18. The summed E-state index contributed by atoms with van der Waals surface area (Å²) >= 11 is 0. The van der Waals surface area contributed by atoms with Crippen LogP contribution < -0.4 is 14.8 Å². The molecule has 0 bridgehead atoms. The number of nitrogens with one attached hydrogen (secondary N) is 1. The minimum absolute atomic E-state index is 0.245. The molecule has 0 aliphatic heterocycles. The SMILES string of the molecule is COc1cccc(OC(C)C(=O)NC(C)c2ccc(S(C)(=O)=O)cc2)c1. The molecule has 0 fully saturated rings. The van der Waals surface area contributed by atoms with E-state index in [2.05, 4.69) is 5.32 Å². The smallest absolute Gasteiger partial charge is 0.261 e. The van der Waals surface area contributed by atoms with Gasteiger partial charge in [0, 0.05) is 12.3 Å². The van der Waals surface area contributed by atoms with Crippen molar-refractivity contribution in [3.8, 4) is 11.5 Å². The summed E-state index contributed by atoms with van der Waals surface area (Å²) in [5.41, 5.74) is 0.805. The number of rotatable bonds is 7. The van der Waals surface area contributed by atoms with Gasteiger partial charge in [0.05, 0.1) is 18.0 Å². The number of methoxy groups -OCH3 is 1. The van der Waals surface area contributed by atoms with E-state index in [1.165, 1.54) is 12.1 Å². The van der Waals surface area contributed by atoms with Crippen LogP contribution in [0.15, 0.2) is 53.4 Å². The standard InChI is InChI=1S/C19H23NO5S/c1-13(15-8-10-18(11-9-15)26(4,22)23)20-19(21)14(2)25-17-7-5-6-16(12-17)24-3/h5-14H,1-4H3,(H,20,21). The molecule has 6 nitrogen and oxygen atoms in total.